The van der Waals surface area contributed by atoms with Crippen molar-refractivity contribution >= 4 is 46.6 Å². The van der Waals surface area contributed by atoms with E-state index in [1.54, 1.807) is 17.0 Å². The van der Waals surface area contributed by atoms with Crippen LogP contribution in [0.2, 0.25) is 5.02 Å². The molecule has 186 valence electrons. The summed E-state index contributed by atoms with van der Waals surface area (Å²) in [5.41, 5.74) is 2.98. The van der Waals surface area contributed by atoms with Crippen LogP contribution in [0.1, 0.15) is 31.9 Å². The lowest BCUT2D eigenvalue weighted by atomic mass is 10.1. The number of piperazine rings is 1. The van der Waals surface area contributed by atoms with Crippen LogP contribution in [0.3, 0.4) is 0 Å². The molecule has 2 aromatic heterocycles. The molecule has 0 aliphatic carbocycles. The lowest BCUT2D eigenvalue weighted by molar-refractivity contribution is 0.0240. The van der Waals surface area contributed by atoms with Gasteiger partial charge in [-0.25, -0.2) is 10.3 Å². The van der Waals surface area contributed by atoms with Crippen LogP contribution in [-0.4, -0.2) is 67.6 Å². The standard InChI is InChI=1S/C22H23ClN10O3/c1-22(2,3)36-21(34)32-6-4-31(5-7-32)16-9-13(10-24)8-15(17(16)23)27-19-28-18-14(11-25)12-26-33(18)20(29-19)30-35/h8-9,12,35H,4-7H2,1-3H3,(H2,27,28,29,30). The minimum Gasteiger partial charge on any atom is -0.444 e. The Kier molecular flexibility index (Phi) is 6.70. The van der Waals surface area contributed by atoms with Crippen molar-refractivity contribution in [3.05, 3.63) is 34.5 Å². The predicted molar refractivity (Wildman–Crippen MR) is 130 cm³/mol. The van der Waals surface area contributed by atoms with E-state index in [1.807, 2.05) is 37.2 Å². The second-order valence-electron chi connectivity index (χ2n) is 8.94. The number of nitriles is 2. The van der Waals surface area contributed by atoms with Gasteiger partial charge in [0.05, 0.1) is 34.2 Å². The molecule has 0 atom stereocenters. The van der Waals surface area contributed by atoms with E-state index in [4.69, 9.17) is 16.3 Å². The number of benzene rings is 1. The summed E-state index contributed by atoms with van der Waals surface area (Å²) in [6, 6.07) is 7.31. The zero-order valence-corrected chi connectivity index (χ0v) is 20.5. The minimum atomic E-state index is -0.583. The molecule has 3 aromatic rings. The molecule has 0 spiro atoms. The van der Waals surface area contributed by atoms with Gasteiger partial charge in [0.1, 0.15) is 17.2 Å². The van der Waals surface area contributed by atoms with Crippen LogP contribution in [0.25, 0.3) is 5.65 Å². The molecule has 3 heterocycles. The first-order chi connectivity index (χ1) is 17.1. The summed E-state index contributed by atoms with van der Waals surface area (Å²) >= 11 is 6.73. The zero-order chi connectivity index (χ0) is 26.0. The average molecular weight is 511 g/mol. The van der Waals surface area contributed by atoms with Crippen molar-refractivity contribution in [3.8, 4) is 12.1 Å². The van der Waals surface area contributed by atoms with Gasteiger partial charge in [0, 0.05) is 26.2 Å². The quantitative estimate of drug-likeness (QED) is 0.441. The van der Waals surface area contributed by atoms with Crippen molar-refractivity contribution in [2.45, 2.75) is 26.4 Å². The van der Waals surface area contributed by atoms with Gasteiger partial charge in [0.25, 0.3) is 5.95 Å². The Hall–Kier alpha value is -4.33. The van der Waals surface area contributed by atoms with Gasteiger partial charge in [-0.1, -0.05) is 11.6 Å². The monoisotopic (exact) mass is 510 g/mol. The number of anilines is 4. The third-order valence-electron chi connectivity index (χ3n) is 5.29. The fourth-order valence-electron chi connectivity index (χ4n) is 3.66. The van der Waals surface area contributed by atoms with E-state index in [1.165, 1.54) is 10.7 Å². The number of carbonyl (C=O) groups excluding carboxylic acids is 1. The van der Waals surface area contributed by atoms with Crippen molar-refractivity contribution in [2.24, 2.45) is 0 Å². The first-order valence-corrected chi connectivity index (χ1v) is 11.3. The Morgan fingerprint density at radius 1 is 1.17 bits per heavy atom. The maximum absolute atomic E-state index is 12.4. The van der Waals surface area contributed by atoms with Gasteiger partial charge in [0.2, 0.25) is 5.95 Å². The van der Waals surface area contributed by atoms with Crippen molar-refractivity contribution in [2.75, 3.05) is 41.9 Å². The number of halogens is 1. The van der Waals surface area contributed by atoms with Crippen LogP contribution in [0, 0.1) is 22.7 Å². The number of rotatable bonds is 4. The van der Waals surface area contributed by atoms with Gasteiger partial charge in [-0.3, -0.25) is 5.21 Å². The van der Waals surface area contributed by atoms with Gasteiger partial charge < -0.3 is 19.9 Å². The molecule has 3 N–H and O–H groups in total. The van der Waals surface area contributed by atoms with E-state index >= 15 is 0 Å². The van der Waals surface area contributed by atoms with Crippen LogP contribution in [0.4, 0.5) is 28.1 Å². The van der Waals surface area contributed by atoms with Gasteiger partial charge in [-0.2, -0.15) is 30.1 Å². The van der Waals surface area contributed by atoms with Gasteiger partial charge >= 0.3 is 6.09 Å². The molecule has 1 fully saturated rings. The second kappa shape index (κ2) is 9.73. The number of nitrogens with one attached hydrogen (secondary N) is 2. The maximum atomic E-state index is 12.4. The van der Waals surface area contributed by atoms with Gasteiger partial charge in [0.15, 0.2) is 5.65 Å². The molecule has 1 aromatic carbocycles. The predicted octanol–water partition coefficient (Wildman–Crippen LogP) is 3.12. The molecule has 4 rings (SSSR count). The first kappa shape index (κ1) is 24.8. The summed E-state index contributed by atoms with van der Waals surface area (Å²) < 4.78 is 6.62. The van der Waals surface area contributed by atoms with Crippen LogP contribution >= 0.6 is 11.6 Å². The summed E-state index contributed by atoms with van der Waals surface area (Å²) in [5.74, 6) is -0.0521. The molecule has 0 saturated carbocycles. The van der Waals surface area contributed by atoms with Crippen molar-refractivity contribution in [1.82, 2.24) is 24.5 Å². The molecule has 13 nitrogen and oxygen atoms in total. The number of hydrogen-bond acceptors (Lipinski definition) is 11. The first-order valence-electron chi connectivity index (χ1n) is 10.9. The number of fused-ring (bicyclic) bond motifs is 1. The summed E-state index contributed by atoms with van der Waals surface area (Å²) in [6.45, 7) is 7.27. The van der Waals surface area contributed by atoms with E-state index in [2.05, 4.69) is 26.5 Å². The molecule has 1 saturated heterocycles. The summed E-state index contributed by atoms with van der Waals surface area (Å²) in [5, 5.41) is 35.6. The van der Waals surface area contributed by atoms with Gasteiger partial charge in [-0.05, 0) is 32.9 Å². The summed E-state index contributed by atoms with van der Waals surface area (Å²) in [7, 11) is 0. The lowest BCUT2D eigenvalue weighted by Gasteiger charge is -2.37. The Bertz CT molecular complexity index is 1390. The van der Waals surface area contributed by atoms with E-state index in [0.717, 1.165) is 0 Å². The third kappa shape index (κ3) is 5.02. The highest BCUT2D eigenvalue weighted by Gasteiger charge is 2.27. The zero-order valence-electron chi connectivity index (χ0n) is 19.8. The molecule has 0 unspecified atom stereocenters. The lowest BCUT2D eigenvalue weighted by Crippen LogP contribution is -2.50. The molecule has 0 radical (unpaired) electrons. The number of carbonyl (C=O) groups is 1. The van der Waals surface area contributed by atoms with Crippen LogP contribution in [0.15, 0.2) is 18.3 Å². The number of aromatic nitrogens is 4. The summed E-state index contributed by atoms with van der Waals surface area (Å²) in [6.07, 6.45) is 0.922. The average Bonchev–Trinajstić information content (AvgIpc) is 3.27. The number of nitrogens with zero attached hydrogens (tertiary/aromatic N) is 8. The Labute approximate surface area is 211 Å². The SMILES string of the molecule is CC(C)(C)OC(=O)N1CCN(c2cc(C#N)cc(Nc3nc(NO)n4ncc(C#N)c4n3)c2Cl)CC1. The highest BCUT2D eigenvalue weighted by molar-refractivity contribution is 6.36. The normalized spacial score (nSPS) is 13.8. The third-order valence-corrected chi connectivity index (χ3v) is 5.69. The highest BCUT2D eigenvalue weighted by atomic mass is 35.5. The van der Waals surface area contributed by atoms with E-state index in [0.29, 0.717) is 48.1 Å². The Balaban J connectivity index is 1.61. The molecular formula is C22H23ClN10O3. The Morgan fingerprint density at radius 3 is 2.50 bits per heavy atom. The minimum absolute atomic E-state index is 0.0220. The number of amides is 1. The number of ether oxygens (including phenoxy) is 1. The van der Waals surface area contributed by atoms with E-state index in [9.17, 15) is 20.5 Å². The highest BCUT2D eigenvalue weighted by Crippen LogP contribution is 2.36. The molecule has 1 amide bonds. The van der Waals surface area contributed by atoms with E-state index in [-0.39, 0.29) is 29.2 Å². The van der Waals surface area contributed by atoms with Crippen molar-refractivity contribution in [1.29, 1.82) is 10.5 Å². The maximum Gasteiger partial charge on any atom is 0.410 e. The Morgan fingerprint density at radius 2 is 1.89 bits per heavy atom. The molecule has 0 bridgehead atoms. The molecular weight excluding hydrogens is 488 g/mol. The topological polar surface area (TPSA) is 168 Å². The smallest absolute Gasteiger partial charge is 0.410 e. The fraction of sp³-hybridized carbons (Fsp3) is 0.364. The van der Waals surface area contributed by atoms with Crippen molar-refractivity contribution < 1.29 is 14.7 Å². The van der Waals surface area contributed by atoms with Crippen molar-refractivity contribution in [3.63, 3.8) is 0 Å². The number of hydrogen-bond donors (Lipinski definition) is 3. The molecule has 1 aliphatic heterocycles. The van der Waals surface area contributed by atoms with E-state index < -0.39 is 5.60 Å². The van der Waals surface area contributed by atoms with Crippen LogP contribution in [0.5, 0.6) is 0 Å². The summed E-state index contributed by atoms with van der Waals surface area (Å²) in [4.78, 5) is 24.5. The second-order valence-corrected chi connectivity index (χ2v) is 9.31. The molecule has 36 heavy (non-hydrogen) atoms. The molecule has 1 aliphatic rings. The molecule has 14 heteroatoms. The van der Waals surface area contributed by atoms with Crippen LogP contribution < -0.4 is 15.7 Å². The largest absolute Gasteiger partial charge is 0.444 e. The fourth-order valence-corrected chi connectivity index (χ4v) is 3.93. The van der Waals surface area contributed by atoms with Crippen LogP contribution in [-0.2, 0) is 4.74 Å². The van der Waals surface area contributed by atoms with Gasteiger partial charge in [-0.15, -0.1) is 0 Å².